The van der Waals surface area contributed by atoms with Crippen LogP contribution in [0.25, 0.3) is 0 Å². The van der Waals surface area contributed by atoms with Gasteiger partial charge >= 0.3 is 5.97 Å². The molecule has 0 saturated carbocycles. The summed E-state index contributed by atoms with van der Waals surface area (Å²) in [4.78, 5) is 10.8. The molecule has 1 N–H and O–H groups in total. The van der Waals surface area contributed by atoms with Gasteiger partial charge in [0, 0.05) is 18.9 Å². The summed E-state index contributed by atoms with van der Waals surface area (Å²) < 4.78 is 2.09. The van der Waals surface area contributed by atoms with Gasteiger partial charge in [-0.3, -0.25) is 4.79 Å². The van der Waals surface area contributed by atoms with Gasteiger partial charge in [-0.1, -0.05) is 0 Å². The molecule has 1 heterocycles. The number of hydrogen-bond donors (Lipinski definition) is 1. The Kier molecular flexibility index (Phi) is 1.87. The van der Waals surface area contributed by atoms with Gasteiger partial charge in [-0.05, 0) is 30.9 Å². The van der Waals surface area contributed by atoms with Crippen molar-refractivity contribution >= 4 is 5.97 Å². The van der Waals surface area contributed by atoms with Crippen LogP contribution in [0.5, 0.6) is 0 Å². The van der Waals surface area contributed by atoms with Gasteiger partial charge in [0.2, 0.25) is 0 Å². The molecule has 1 aliphatic carbocycles. The lowest BCUT2D eigenvalue weighted by Crippen LogP contribution is -2.22. The molecule has 1 aliphatic rings. The Balaban J connectivity index is 2.25. The van der Waals surface area contributed by atoms with E-state index >= 15 is 0 Å². The first-order chi connectivity index (χ1) is 6.18. The standard InChI is InChI=1S/C10H13NO2/c1-11-5-4-7-6-8(10(12)13)2-3-9(7)11/h4-5,8H,2-3,6H2,1H3,(H,12,13). The lowest BCUT2D eigenvalue weighted by atomic mass is 9.88. The monoisotopic (exact) mass is 179 g/mol. The molecule has 0 fully saturated rings. The van der Waals surface area contributed by atoms with Crippen LogP contribution in [0.4, 0.5) is 0 Å². The Morgan fingerprint density at radius 2 is 2.46 bits per heavy atom. The maximum atomic E-state index is 10.8. The molecule has 1 unspecified atom stereocenters. The fourth-order valence-electron chi connectivity index (χ4n) is 2.03. The van der Waals surface area contributed by atoms with Gasteiger partial charge < -0.3 is 9.67 Å². The smallest absolute Gasteiger partial charge is 0.306 e. The summed E-state index contributed by atoms with van der Waals surface area (Å²) in [5.74, 6) is -0.829. The molecule has 2 rings (SSSR count). The van der Waals surface area contributed by atoms with E-state index in [0.717, 1.165) is 12.8 Å². The molecule has 0 amide bonds. The zero-order valence-corrected chi connectivity index (χ0v) is 7.66. The average molecular weight is 179 g/mol. The summed E-state index contributed by atoms with van der Waals surface area (Å²) in [5, 5.41) is 8.86. The number of carbonyl (C=O) groups is 1. The Labute approximate surface area is 77.0 Å². The second kappa shape index (κ2) is 2.91. The lowest BCUT2D eigenvalue weighted by Gasteiger charge is -2.19. The van der Waals surface area contributed by atoms with Gasteiger partial charge in [0.15, 0.2) is 0 Å². The number of aryl methyl sites for hydroxylation is 1. The minimum atomic E-state index is -0.658. The Hall–Kier alpha value is -1.25. The van der Waals surface area contributed by atoms with Crippen molar-refractivity contribution < 1.29 is 9.90 Å². The molecule has 0 saturated heterocycles. The minimum absolute atomic E-state index is 0.171. The first-order valence-electron chi connectivity index (χ1n) is 4.54. The summed E-state index contributed by atoms with van der Waals surface area (Å²) in [7, 11) is 2.01. The van der Waals surface area contributed by atoms with Gasteiger partial charge in [-0.15, -0.1) is 0 Å². The SMILES string of the molecule is Cn1ccc2c1CCC(C(=O)O)C2. The van der Waals surface area contributed by atoms with Crippen molar-refractivity contribution in [1.82, 2.24) is 4.57 Å². The molecule has 3 nitrogen and oxygen atoms in total. The van der Waals surface area contributed by atoms with Crippen molar-refractivity contribution in [2.24, 2.45) is 13.0 Å². The second-order valence-electron chi connectivity index (χ2n) is 3.68. The number of rotatable bonds is 1. The van der Waals surface area contributed by atoms with E-state index in [2.05, 4.69) is 4.57 Å². The molecular weight excluding hydrogens is 166 g/mol. The Bertz CT molecular complexity index is 341. The highest BCUT2D eigenvalue weighted by atomic mass is 16.4. The van der Waals surface area contributed by atoms with Crippen LogP contribution in [0.2, 0.25) is 0 Å². The normalized spacial score (nSPS) is 21.2. The van der Waals surface area contributed by atoms with Crippen LogP contribution >= 0.6 is 0 Å². The maximum Gasteiger partial charge on any atom is 0.306 e. The fourth-order valence-corrected chi connectivity index (χ4v) is 2.03. The highest BCUT2D eigenvalue weighted by molar-refractivity contribution is 5.70. The number of fused-ring (bicyclic) bond motifs is 1. The van der Waals surface area contributed by atoms with E-state index in [-0.39, 0.29) is 5.92 Å². The van der Waals surface area contributed by atoms with Crippen LogP contribution in [-0.2, 0) is 24.7 Å². The molecule has 13 heavy (non-hydrogen) atoms. The largest absolute Gasteiger partial charge is 0.481 e. The molecule has 1 aromatic rings. The molecule has 1 aromatic heterocycles. The molecule has 70 valence electrons. The number of nitrogens with zero attached hydrogens (tertiary/aromatic N) is 1. The predicted octanol–water partition coefficient (Wildman–Crippen LogP) is 1.21. The van der Waals surface area contributed by atoms with E-state index in [1.165, 1.54) is 11.3 Å². The second-order valence-corrected chi connectivity index (χ2v) is 3.68. The van der Waals surface area contributed by atoms with Crippen molar-refractivity contribution in [1.29, 1.82) is 0 Å². The summed E-state index contributed by atoms with van der Waals surface area (Å²) in [5.41, 5.74) is 2.51. The highest BCUT2D eigenvalue weighted by Gasteiger charge is 2.25. The van der Waals surface area contributed by atoms with Crippen molar-refractivity contribution in [3.05, 3.63) is 23.5 Å². The Morgan fingerprint density at radius 1 is 1.69 bits per heavy atom. The van der Waals surface area contributed by atoms with Gasteiger partial charge in [-0.2, -0.15) is 0 Å². The van der Waals surface area contributed by atoms with Crippen LogP contribution in [0, 0.1) is 5.92 Å². The zero-order valence-electron chi connectivity index (χ0n) is 7.66. The summed E-state index contributed by atoms with van der Waals surface area (Å²) in [6, 6.07) is 2.03. The fraction of sp³-hybridized carbons (Fsp3) is 0.500. The number of carboxylic acid groups (broad SMARTS) is 1. The summed E-state index contributed by atoms with van der Waals surface area (Å²) in [6.45, 7) is 0. The van der Waals surface area contributed by atoms with Crippen molar-refractivity contribution in [2.45, 2.75) is 19.3 Å². The van der Waals surface area contributed by atoms with Crippen LogP contribution in [0.15, 0.2) is 12.3 Å². The third-order valence-corrected chi connectivity index (χ3v) is 2.84. The number of carboxylic acids is 1. The topological polar surface area (TPSA) is 42.2 Å². The Morgan fingerprint density at radius 3 is 3.15 bits per heavy atom. The lowest BCUT2D eigenvalue weighted by molar-refractivity contribution is -0.142. The van der Waals surface area contributed by atoms with Crippen LogP contribution in [0.3, 0.4) is 0 Å². The number of hydrogen-bond acceptors (Lipinski definition) is 1. The van der Waals surface area contributed by atoms with Crippen LogP contribution in [0.1, 0.15) is 17.7 Å². The molecular formula is C10H13NO2. The number of aromatic nitrogens is 1. The van der Waals surface area contributed by atoms with Crippen LogP contribution < -0.4 is 0 Å². The van der Waals surface area contributed by atoms with Gasteiger partial charge in [-0.25, -0.2) is 0 Å². The molecule has 0 aromatic carbocycles. The third kappa shape index (κ3) is 1.34. The van der Waals surface area contributed by atoms with E-state index < -0.39 is 5.97 Å². The summed E-state index contributed by atoms with van der Waals surface area (Å²) in [6.07, 6.45) is 4.39. The first-order valence-corrected chi connectivity index (χ1v) is 4.54. The average Bonchev–Trinajstić information content (AvgIpc) is 2.47. The minimum Gasteiger partial charge on any atom is -0.481 e. The van der Waals surface area contributed by atoms with E-state index in [1.54, 1.807) is 0 Å². The van der Waals surface area contributed by atoms with Crippen molar-refractivity contribution in [2.75, 3.05) is 0 Å². The highest BCUT2D eigenvalue weighted by Crippen LogP contribution is 2.25. The predicted molar refractivity (Wildman–Crippen MR) is 48.6 cm³/mol. The first kappa shape index (κ1) is 8.35. The van der Waals surface area contributed by atoms with E-state index in [4.69, 9.17) is 5.11 Å². The third-order valence-electron chi connectivity index (χ3n) is 2.84. The molecule has 0 spiro atoms. The van der Waals surface area contributed by atoms with Crippen molar-refractivity contribution in [3.8, 4) is 0 Å². The molecule has 3 heteroatoms. The maximum absolute atomic E-state index is 10.8. The summed E-state index contributed by atoms with van der Waals surface area (Å²) >= 11 is 0. The number of aliphatic carboxylic acids is 1. The quantitative estimate of drug-likeness (QED) is 0.704. The van der Waals surface area contributed by atoms with E-state index in [9.17, 15) is 4.79 Å². The van der Waals surface area contributed by atoms with Gasteiger partial charge in [0.1, 0.15) is 0 Å². The molecule has 0 aliphatic heterocycles. The van der Waals surface area contributed by atoms with Crippen LogP contribution in [-0.4, -0.2) is 15.6 Å². The molecule has 0 bridgehead atoms. The molecule has 0 radical (unpaired) electrons. The van der Waals surface area contributed by atoms with Gasteiger partial charge in [0.05, 0.1) is 5.92 Å². The van der Waals surface area contributed by atoms with E-state index in [1.807, 2.05) is 19.3 Å². The molecule has 1 atom stereocenters. The van der Waals surface area contributed by atoms with Crippen molar-refractivity contribution in [3.63, 3.8) is 0 Å². The van der Waals surface area contributed by atoms with Gasteiger partial charge in [0.25, 0.3) is 0 Å². The zero-order chi connectivity index (χ0) is 9.42. The van der Waals surface area contributed by atoms with E-state index in [0.29, 0.717) is 6.42 Å².